The first-order valence-electron chi connectivity index (χ1n) is 7.97. The first-order chi connectivity index (χ1) is 11.1. The van der Waals surface area contributed by atoms with E-state index in [1.54, 1.807) is 11.0 Å². The molecule has 7 heteroatoms. The maximum atomic E-state index is 13.2. The van der Waals surface area contributed by atoms with E-state index in [1.165, 1.54) is 6.07 Å². The summed E-state index contributed by atoms with van der Waals surface area (Å²) in [7, 11) is 0. The molecule has 4 nitrogen and oxygen atoms in total. The fourth-order valence-corrected chi connectivity index (χ4v) is 2.84. The van der Waals surface area contributed by atoms with Gasteiger partial charge in [0.25, 0.3) is 0 Å². The van der Waals surface area contributed by atoms with Gasteiger partial charge in [0.15, 0.2) is 16.7 Å². The molecule has 0 radical (unpaired) electrons. The number of rotatable bonds is 6. The second-order valence-corrected chi connectivity index (χ2v) is 6.17. The molecule has 1 aliphatic heterocycles. The predicted octanol–water partition coefficient (Wildman–Crippen LogP) is 0.795. The van der Waals surface area contributed by atoms with Crippen molar-refractivity contribution in [1.82, 2.24) is 10.6 Å². The van der Waals surface area contributed by atoms with Crippen molar-refractivity contribution in [2.24, 2.45) is 0 Å². The lowest BCUT2D eigenvalue weighted by atomic mass is 10.1. The van der Waals surface area contributed by atoms with Crippen molar-refractivity contribution in [3.8, 4) is 0 Å². The summed E-state index contributed by atoms with van der Waals surface area (Å²) in [6, 6.07) is 3.69. The molecule has 1 atom stereocenters. The van der Waals surface area contributed by atoms with E-state index in [9.17, 15) is 8.78 Å². The zero-order valence-corrected chi connectivity index (χ0v) is 14.1. The molecule has 1 saturated heterocycles. The Labute approximate surface area is 141 Å². The van der Waals surface area contributed by atoms with Gasteiger partial charge in [-0.1, -0.05) is 6.07 Å². The third kappa shape index (κ3) is 6.01. The maximum Gasteiger partial charge on any atom is 0.166 e. The summed E-state index contributed by atoms with van der Waals surface area (Å²) in [5.41, 5.74) is 0.658. The fraction of sp³-hybridized carbons (Fsp3) is 0.562. The van der Waals surface area contributed by atoms with Gasteiger partial charge < -0.3 is 20.3 Å². The molecule has 0 amide bonds. The lowest BCUT2D eigenvalue weighted by Crippen LogP contribution is -3.14. The summed E-state index contributed by atoms with van der Waals surface area (Å²) in [6.45, 7) is 7.56. The molecule has 128 valence electrons. The Morgan fingerprint density at radius 2 is 2.04 bits per heavy atom. The van der Waals surface area contributed by atoms with Crippen molar-refractivity contribution in [3.63, 3.8) is 0 Å². The minimum atomic E-state index is -0.844. The lowest BCUT2D eigenvalue weighted by molar-refractivity contribution is -0.908. The van der Waals surface area contributed by atoms with Crippen LogP contribution in [0.1, 0.15) is 24.9 Å². The number of halogens is 2. The third-order valence-corrected chi connectivity index (χ3v) is 4.25. The highest BCUT2D eigenvalue weighted by atomic mass is 32.1. The molecule has 0 unspecified atom stereocenters. The average Bonchev–Trinajstić information content (AvgIpc) is 2.55. The Hall–Kier alpha value is -1.31. The van der Waals surface area contributed by atoms with E-state index in [-0.39, 0.29) is 6.04 Å². The van der Waals surface area contributed by atoms with Crippen LogP contribution in [0.25, 0.3) is 0 Å². The molecule has 0 spiro atoms. The number of quaternary nitrogens is 1. The van der Waals surface area contributed by atoms with E-state index in [0.29, 0.717) is 10.7 Å². The van der Waals surface area contributed by atoms with Gasteiger partial charge in [0.1, 0.15) is 13.1 Å². The van der Waals surface area contributed by atoms with Crippen molar-refractivity contribution in [3.05, 3.63) is 35.4 Å². The second-order valence-electron chi connectivity index (χ2n) is 5.76. The van der Waals surface area contributed by atoms with E-state index in [1.807, 2.05) is 6.92 Å². The number of thiocarbonyl (C=S) groups is 1. The topological polar surface area (TPSA) is 37.7 Å². The molecule has 1 aromatic rings. The van der Waals surface area contributed by atoms with Gasteiger partial charge >= 0.3 is 0 Å². The van der Waals surface area contributed by atoms with E-state index in [0.717, 1.165) is 51.9 Å². The molecule has 1 fully saturated rings. The standard InChI is InChI=1S/C16H23F2N3OS/c1-12(13-3-4-14(17)15(18)11-13)20-16(23)19-5-2-6-21-7-9-22-10-8-21/h3-4,11-12H,2,5-10H2,1H3,(H2,19,20,23)/p+1/t12-/m0/s1. The van der Waals surface area contributed by atoms with Gasteiger partial charge in [-0.2, -0.15) is 0 Å². The molecule has 0 aliphatic carbocycles. The van der Waals surface area contributed by atoms with Gasteiger partial charge in [0.05, 0.1) is 25.8 Å². The van der Waals surface area contributed by atoms with Gasteiger partial charge in [-0.3, -0.25) is 0 Å². The molecular weight excluding hydrogens is 320 g/mol. The molecule has 0 saturated carbocycles. The van der Waals surface area contributed by atoms with Gasteiger partial charge in [-0.25, -0.2) is 8.78 Å². The van der Waals surface area contributed by atoms with E-state index < -0.39 is 11.6 Å². The first kappa shape index (κ1) is 18.0. The minimum absolute atomic E-state index is 0.185. The Balaban J connectivity index is 1.66. The van der Waals surface area contributed by atoms with Crippen molar-refractivity contribution in [2.45, 2.75) is 19.4 Å². The van der Waals surface area contributed by atoms with Gasteiger partial charge in [-0.05, 0) is 36.8 Å². The summed E-state index contributed by atoms with van der Waals surface area (Å²) >= 11 is 5.24. The minimum Gasteiger partial charge on any atom is -0.370 e. The molecular formula is C16H24F2N3OS+. The summed E-state index contributed by atoms with van der Waals surface area (Å²) in [5, 5.41) is 6.77. The highest BCUT2D eigenvalue weighted by molar-refractivity contribution is 7.80. The number of hydrogen-bond acceptors (Lipinski definition) is 2. The molecule has 0 aromatic heterocycles. The number of nitrogens with one attached hydrogen (secondary N) is 3. The monoisotopic (exact) mass is 344 g/mol. The molecule has 2 rings (SSSR count). The molecule has 1 aliphatic rings. The Kier molecular flexibility index (Phi) is 7.14. The molecule has 1 heterocycles. The van der Waals surface area contributed by atoms with Crippen LogP contribution < -0.4 is 15.5 Å². The fourth-order valence-electron chi connectivity index (χ4n) is 2.56. The SMILES string of the molecule is C[C@H](NC(=S)NCCC[NH+]1CCOCC1)c1ccc(F)c(F)c1. The van der Waals surface area contributed by atoms with Crippen molar-refractivity contribution in [1.29, 1.82) is 0 Å². The normalized spacial score (nSPS) is 16.8. The van der Waals surface area contributed by atoms with Crippen LogP contribution in [0.5, 0.6) is 0 Å². The van der Waals surface area contributed by atoms with Crippen molar-refractivity contribution >= 4 is 17.3 Å². The van der Waals surface area contributed by atoms with Crippen LogP contribution in [-0.2, 0) is 4.74 Å². The zero-order valence-electron chi connectivity index (χ0n) is 13.3. The summed E-state index contributed by atoms with van der Waals surface area (Å²) in [4.78, 5) is 1.56. The van der Waals surface area contributed by atoms with Crippen LogP contribution in [-0.4, -0.2) is 44.5 Å². The highest BCUT2D eigenvalue weighted by Crippen LogP contribution is 2.15. The average molecular weight is 344 g/mol. The number of benzene rings is 1. The maximum absolute atomic E-state index is 13.2. The van der Waals surface area contributed by atoms with Gasteiger partial charge in [-0.15, -0.1) is 0 Å². The number of morpholine rings is 1. The number of ether oxygens (including phenoxy) is 1. The Morgan fingerprint density at radius 1 is 1.30 bits per heavy atom. The second kappa shape index (κ2) is 9.10. The summed E-state index contributed by atoms with van der Waals surface area (Å²) < 4.78 is 31.5. The van der Waals surface area contributed by atoms with Gasteiger partial charge in [0, 0.05) is 13.0 Å². The van der Waals surface area contributed by atoms with E-state index in [2.05, 4.69) is 10.6 Å². The molecule has 1 aromatic carbocycles. The van der Waals surface area contributed by atoms with Crippen LogP contribution >= 0.6 is 12.2 Å². The van der Waals surface area contributed by atoms with Crippen LogP contribution in [0.15, 0.2) is 18.2 Å². The van der Waals surface area contributed by atoms with Gasteiger partial charge in [0.2, 0.25) is 0 Å². The smallest absolute Gasteiger partial charge is 0.166 e. The quantitative estimate of drug-likeness (QED) is 0.527. The first-order valence-corrected chi connectivity index (χ1v) is 8.37. The lowest BCUT2D eigenvalue weighted by Gasteiger charge is -2.24. The third-order valence-electron chi connectivity index (χ3n) is 3.98. The Morgan fingerprint density at radius 3 is 2.74 bits per heavy atom. The molecule has 0 bridgehead atoms. The van der Waals surface area contributed by atoms with Crippen LogP contribution in [0.2, 0.25) is 0 Å². The zero-order chi connectivity index (χ0) is 16.7. The largest absolute Gasteiger partial charge is 0.370 e. The van der Waals surface area contributed by atoms with Crippen LogP contribution in [0, 0.1) is 11.6 Å². The number of hydrogen-bond donors (Lipinski definition) is 3. The molecule has 23 heavy (non-hydrogen) atoms. The van der Waals surface area contributed by atoms with E-state index in [4.69, 9.17) is 17.0 Å². The predicted molar refractivity (Wildman–Crippen MR) is 89.5 cm³/mol. The van der Waals surface area contributed by atoms with Crippen LogP contribution in [0.3, 0.4) is 0 Å². The summed E-state index contributed by atoms with van der Waals surface area (Å²) in [6.07, 6.45) is 1.02. The van der Waals surface area contributed by atoms with Crippen molar-refractivity contribution < 1.29 is 18.4 Å². The highest BCUT2D eigenvalue weighted by Gasteiger charge is 2.13. The van der Waals surface area contributed by atoms with Crippen LogP contribution in [0.4, 0.5) is 8.78 Å². The Bertz CT molecular complexity index is 524. The summed E-state index contributed by atoms with van der Waals surface area (Å²) in [5.74, 6) is -1.68. The van der Waals surface area contributed by atoms with Crippen molar-refractivity contribution in [2.75, 3.05) is 39.4 Å². The molecule has 3 N–H and O–H groups in total. The van der Waals surface area contributed by atoms with E-state index >= 15 is 0 Å².